The molecule has 8 heteroatoms. The van der Waals surface area contributed by atoms with Crippen LogP contribution in [0.25, 0.3) is 10.8 Å². The largest absolute Gasteiger partial charge is 0.477 e. The van der Waals surface area contributed by atoms with Crippen LogP contribution in [0.1, 0.15) is 17.8 Å². The Morgan fingerprint density at radius 3 is 3.00 bits per heavy atom. The van der Waals surface area contributed by atoms with Gasteiger partial charge in [-0.3, -0.25) is 0 Å². The molecule has 1 aromatic carbocycles. The van der Waals surface area contributed by atoms with E-state index in [4.69, 9.17) is 22.1 Å². The third-order valence-electron chi connectivity index (χ3n) is 5.68. The molecule has 0 spiro atoms. The van der Waals surface area contributed by atoms with E-state index in [0.29, 0.717) is 35.8 Å². The first-order valence-electron chi connectivity index (χ1n) is 10.3. The molecule has 31 heavy (non-hydrogen) atoms. The number of nitrogen functional groups attached to an aromatic ring is 1. The number of pyridine rings is 2. The van der Waals surface area contributed by atoms with Crippen molar-refractivity contribution in [2.75, 3.05) is 17.7 Å². The van der Waals surface area contributed by atoms with Gasteiger partial charge in [-0.25, -0.2) is 15.0 Å². The second-order valence-corrected chi connectivity index (χ2v) is 8.22. The van der Waals surface area contributed by atoms with Gasteiger partial charge in [0, 0.05) is 72.7 Å². The van der Waals surface area contributed by atoms with E-state index in [1.807, 2.05) is 42.7 Å². The number of nitrogens with one attached hydrogen (secondary N) is 1. The molecule has 3 N–H and O–H groups in total. The molecule has 4 aromatic rings. The molecular formula is C23H23ClN6O. The van der Waals surface area contributed by atoms with E-state index in [9.17, 15) is 0 Å². The van der Waals surface area contributed by atoms with Gasteiger partial charge in [-0.15, -0.1) is 0 Å². The van der Waals surface area contributed by atoms with Crippen molar-refractivity contribution in [2.45, 2.75) is 25.9 Å². The van der Waals surface area contributed by atoms with Crippen LogP contribution >= 0.6 is 11.6 Å². The summed E-state index contributed by atoms with van der Waals surface area (Å²) in [5.41, 5.74) is 7.98. The highest BCUT2D eigenvalue weighted by Crippen LogP contribution is 2.29. The number of aryl methyl sites for hydroxylation is 1. The van der Waals surface area contributed by atoms with E-state index in [1.54, 1.807) is 12.4 Å². The number of fused-ring (bicyclic) bond motifs is 2. The molecule has 3 aromatic heterocycles. The Morgan fingerprint density at radius 1 is 1.13 bits per heavy atom. The van der Waals surface area contributed by atoms with Crippen LogP contribution in [0.3, 0.4) is 0 Å². The van der Waals surface area contributed by atoms with E-state index >= 15 is 0 Å². The molecule has 0 radical (unpaired) electrons. The zero-order valence-corrected chi connectivity index (χ0v) is 17.7. The molecular weight excluding hydrogens is 412 g/mol. The Balaban J connectivity index is 1.21. The molecule has 0 fully saturated rings. The van der Waals surface area contributed by atoms with Crippen molar-refractivity contribution in [2.24, 2.45) is 5.92 Å². The minimum Gasteiger partial charge on any atom is -0.477 e. The van der Waals surface area contributed by atoms with Gasteiger partial charge in [-0.05, 0) is 36.2 Å². The molecule has 0 amide bonds. The lowest BCUT2D eigenvalue weighted by atomic mass is 9.99. The molecule has 4 heterocycles. The van der Waals surface area contributed by atoms with Crippen LogP contribution in [0, 0.1) is 5.92 Å². The molecule has 0 saturated carbocycles. The number of ether oxygens (including phenoxy) is 1. The van der Waals surface area contributed by atoms with Gasteiger partial charge in [0.05, 0.1) is 11.6 Å². The van der Waals surface area contributed by atoms with Crippen LogP contribution in [0.4, 0.5) is 11.5 Å². The first-order chi connectivity index (χ1) is 15.2. The molecule has 0 aliphatic carbocycles. The number of imidazole rings is 1. The number of rotatable bonds is 6. The minimum absolute atomic E-state index is 0.461. The van der Waals surface area contributed by atoms with Gasteiger partial charge < -0.3 is 20.4 Å². The summed E-state index contributed by atoms with van der Waals surface area (Å²) in [6, 6.07) is 9.85. The van der Waals surface area contributed by atoms with Gasteiger partial charge in [0.25, 0.3) is 0 Å². The van der Waals surface area contributed by atoms with Crippen molar-refractivity contribution in [3.05, 3.63) is 71.5 Å². The molecule has 7 nitrogen and oxygen atoms in total. The van der Waals surface area contributed by atoms with Crippen molar-refractivity contribution < 1.29 is 4.74 Å². The maximum Gasteiger partial charge on any atom is 0.213 e. The molecule has 5 rings (SSSR count). The van der Waals surface area contributed by atoms with Gasteiger partial charge in [0.1, 0.15) is 11.6 Å². The van der Waals surface area contributed by atoms with Crippen LogP contribution in [-0.2, 0) is 19.5 Å². The minimum atomic E-state index is 0.461. The van der Waals surface area contributed by atoms with Crippen LogP contribution in [0.2, 0.25) is 5.02 Å². The van der Waals surface area contributed by atoms with Crippen LogP contribution in [0.5, 0.6) is 5.88 Å². The molecule has 0 bridgehead atoms. The SMILES string of the molecule is Nc1ncc(Cl)c2cc(NCc3ccnc(OCC4CCn5ccnc5C4)c3)ccc12. The normalized spacial score (nSPS) is 15.6. The smallest absolute Gasteiger partial charge is 0.213 e. The van der Waals surface area contributed by atoms with Crippen molar-refractivity contribution in [3.8, 4) is 5.88 Å². The third-order valence-corrected chi connectivity index (χ3v) is 5.99. The summed E-state index contributed by atoms with van der Waals surface area (Å²) >= 11 is 6.28. The predicted octanol–water partition coefficient (Wildman–Crippen LogP) is 4.32. The summed E-state index contributed by atoms with van der Waals surface area (Å²) < 4.78 is 8.22. The Morgan fingerprint density at radius 2 is 2.06 bits per heavy atom. The number of anilines is 2. The Kier molecular flexibility index (Phi) is 5.34. The zero-order valence-electron chi connectivity index (χ0n) is 17.0. The lowest BCUT2D eigenvalue weighted by Crippen LogP contribution is -2.24. The number of aromatic nitrogens is 4. The highest BCUT2D eigenvalue weighted by molar-refractivity contribution is 6.35. The fraction of sp³-hybridized carbons (Fsp3) is 0.261. The van der Waals surface area contributed by atoms with Gasteiger partial charge in [0.2, 0.25) is 5.88 Å². The topological polar surface area (TPSA) is 90.9 Å². The van der Waals surface area contributed by atoms with Crippen molar-refractivity contribution in [3.63, 3.8) is 0 Å². The van der Waals surface area contributed by atoms with Gasteiger partial charge in [0.15, 0.2) is 0 Å². The highest BCUT2D eigenvalue weighted by atomic mass is 35.5. The quantitative estimate of drug-likeness (QED) is 0.469. The number of hydrogen-bond acceptors (Lipinski definition) is 6. The zero-order chi connectivity index (χ0) is 21.2. The monoisotopic (exact) mass is 434 g/mol. The maximum atomic E-state index is 6.28. The summed E-state index contributed by atoms with van der Waals surface area (Å²) in [5, 5.41) is 5.74. The number of nitrogens with zero attached hydrogens (tertiary/aromatic N) is 4. The van der Waals surface area contributed by atoms with Crippen LogP contribution < -0.4 is 15.8 Å². The highest BCUT2D eigenvalue weighted by Gasteiger charge is 2.19. The van der Waals surface area contributed by atoms with Crippen molar-refractivity contribution in [1.29, 1.82) is 0 Å². The molecule has 1 aliphatic rings. The van der Waals surface area contributed by atoms with E-state index in [0.717, 1.165) is 47.2 Å². The second-order valence-electron chi connectivity index (χ2n) is 7.81. The van der Waals surface area contributed by atoms with E-state index in [1.165, 1.54) is 0 Å². The average Bonchev–Trinajstić information content (AvgIpc) is 3.27. The summed E-state index contributed by atoms with van der Waals surface area (Å²) in [6.07, 6.45) is 9.30. The van der Waals surface area contributed by atoms with Gasteiger partial charge in [-0.2, -0.15) is 0 Å². The van der Waals surface area contributed by atoms with Gasteiger partial charge >= 0.3 is 0 Å². The molecule has 1 unspecified atom stereocenters. The summed E-state index contributed by atoms with van der Waals surface area (Å²) in [6.45, 7) is 2.29. The molecule has 1 aliphatic heterocycles. The first-order valence-corrected chi connectivity index (χ1v) is 10.7. The van der Waals surface area contributed by atoms with Crippen LogP contribution in [0.15, 0.2) is 55.1 Å². The Bertz CT molecular complexity index is 1220. The van der Waals surface area contributed by atoms with Gasteiger partial charge in [-0.1, -0.05) is 11.6 Å². The third kappa shape index (κ3) is 4.27. The summed E-state index contributed by atoms with van der Waals surface area (Å²) in [7, 11) is 0. The fourth-order valence-electron chi connectivity index (χ4n) is 3.94. The number of hydrogen-bond donors (Lipinski definition) is 2. The lowest BCUT2D eigenvalue weighted by molar-refractivity contribution is 0.212. The maximum absolute atomic E-state index is 6.28. The Hall–Kier alpha value is -3.32. The van der Waals surface area contributed by atoms with Crippen molar-refractivity contribution in [1.82, 2.24) is 19.5 Å². The molecule has 0 saturated heterocycles. The van der Waals surface area contributed by atoms with E-state index in [-0.39, 0.29) is 0 Å². The van der Waals surface area contributed by atoms with E-state index < -0.39 is 0 Å². The summed E-state index contributed by atoms with van der Waals surface area (Å²) in [4.78, 5) is 12.9. The lowest BCUT2D eigenvalue weighted by Gasteiger charge is -2.23. The van der Waals surface area contributed by atoms with Crippen LogP contribution in [-0.4, -0.2) is 26.1 Å². The first kappa shape index (κ1) is 19.6. The molecule has 1 atom stereocenters. The fourth-order valence-corrected chi connectivity index (χ4v) is 4.15. The number of halogens is 1. The van der Waals surface area contributed by atoms with Crippen molar-refractivity contribution >= 4 is 33.9 Å². The number of nitrogens with two attached hydrogens (primary N) is 1. The molecule has 158 valence electrons. The predicted molar refractivity (Wildman–Crippen MR) is 122 cm³/mol. The average molecular weight is 435 g/mol. The standard InChI is InChI=1S/C23H23ClN6O/c24-20-13-29-23(25)18-2-1-17(11-19(18)20)28-12-15-3-5-27-22(10-15)31-14-16-4-7-30-8-6-26-21(30)9-16/h1-3,5-6,8,10-11,13,16,28H,4,7,9,12,14H2,(H2,25,29). The summed E-state index contributed by atoms with van der Waals surface area (Å²) in [5.74, 6) is 2.72. The second kappa shape index (κ2) is 8.43. The number of benzene rings is 1. The van der Waals surface area contributed by atoms with E-state index in [2.05, 4.69) is 24.8 Å². The Labute approximate surface area is 185 Å².